The highest BCUT2D eigenvalue weighted by Gasteiger charge is 2.12. The third-order valence-corrected chi connectivity index (χ3v) is 5.91. The van der Waals surface area contributed by atoms with E-state index in [2.05, 4.69) is 12.1 Å². The number of aromatic nitrogens is 1. The van der Waals surface area contributed by atoms with E-state index in [1.807, 2.05) is 30.3 Å². The molecular weight excluding hydrogens is 341 g/mol. The number of fused-ring (bicyclic) bond motifs is 1. The minimum absolute atomic E-state index is 0.185. The topological polar surface area (TPSA) is 22.1 Å². The molecule has 0 aliphatic rings. The number of thiophene rings is 1. The normalized spacial score (nSPS) is 11.1. The minimum atomic E-state index is -0.185. The summed E-state index contributed by atoms with van der Waals surface area (Å²) in [7, 11) is 1.66. The van der Waals surface area contributed by atoms with Gasteiger partial charge in [0.15, 0.2) is 0 Å². The Kier molecular flexibility index (Phi) is 4.04. The lowest BCUT2D eigenvalue weighted by Gasteiger charge is -1.98. The zero-order valence-electron chi connectivity index (χ0n) is 13.0. The number of halogens is 1. The predicted molar refractivity (Wildman–Crippen MR) is 98.7 cm³/mol. The van der Waals surface area contributed by atoms with Gasteiger partial charge in [0, 0.05) is 21.7 Å². The van der Waals surface area contributed by atoms with E-state index in [-0.39, 0.29) is 5.82 Å². The first-order valence-electron chi connectivity index (χ1n) is 7.50. The van der Waals surface area contributed by atoms with Crippen LogP contribution in [0.25, 0.3) is 20.7 Å². The SMILES string of the molecule is COc1cccc2sc(Cc3ccc(-c4ccccc4F)s3)nc12. The molecule has 2 aromatic carbocycles. The van der Waals surface area contributed by atoms with Gasteiger partial charge in [0.2, 0.25) is 0 Å². The van der Waals surface area contributed by atoms with Gasteiger partial charge in [-0.15, -0.1) is 22.7 Å². The molecule has 2 heterocycles. The molecule has 0 radical (unpaired) electrons. The van der Waals surface area contributed by atoms with E-state index >= 15 is 0 Å². The van der Waals surface area contributed by atoms with E-state index in [0.29, 0.717) is 5.56 Å². The van der Waals surface area contributed by atoms with Gasteiger partial charge >= 0.3 is 0 Å². The van der Waals surface area contributed by atoms with Crippen molar-refractivity contribution in [3.05, 3.63) is 70.3 Å². The highest BCUT2D eigenvalue weighted by atomic mass is 32.1. The lowest BCUT2D eigenvalue weighted by Crippen LogP contribution is -1.85. The van der Waals surface area contributed by atoms with E-state index in [0.717, 1.165) is 32.3 Å². The number of benzene rings is 2. The molecule has 0 bridgehead atoms. The first-order valence-corrected chi connectivity index (χ1v) is 9.14. The molecule has 120 valence electrons. The molecule has 4 rings (SSSR count). The van der Waals surface area contributed by atoms with Crippen molar-refractivity contribution < 1.29 is 9.13 Å². The lowest BCUT2D eigenvalue weighted by molar-refractivity contribution is 0.419. The van der Waals surface area contributed by atoms with Crippen molar-refractivity contribution in [2.45, 2.75) is 6.42 Å². The smallest absolute Gasteiger partial charge is 0.145 e. The summed E-state index contributed by atoms with van der Waals surface area (Å²) in [5, 5.41) is 1.04. The maximum absolute atomic E-state index is 13.9. The van der Waals surface area contributed by atoms with Crippen LogP contribution in [-0.4, -0.2) is 12.1 Å². The summed E-state index contributed by atoms with van der Waals surface area (Å²) in [6.45, 7) is 0. The second kappa shape index (κ2) is 6.34. The minimum Gasteiger partial charge on any atom is -0.494 e. The fourth-order valence-corrected chi connectivity index (χ4v) is 4.78. The number of ether oxygens (including phenoxy) is 1. The van der Waals surface area contributed by atoms with Crippen LogP contribution in [0, 0.1) is 5.82 Å². The summed E-state index contributed by atoms with van der Waals surface area (Å²) in [6.07, 6.45) is 0.752. The molecule has 0 N–H and O–H groups in total. The Morgan fingerprint density at radius 2 is 1.88 bits per heavy atom. The second-order valence-corrected chi connectivity index (χ2v) is 7.62. The monoisotopic (exact) mass is 355 g/mol. The molecule has 0 spiro atoms. The number of para-hydroxylation sites is 1. The van der Waals surface area contributed by atoms with Crippen molar-refractivity contribution >= 4 is 32.9 Å². The summed E-state index contributed by atoms with van der Waals surface area (Å²) >= 11 is 3.28. The maximum atomic E-state index is 13.9. The van der Waals surface area contributed by atoms with Gasteiger partial charge in [-0.25, -0.2) is 9.37 Å². The Bertz CT molecular complexity index is 1010. The van der Waals surface area contributed by atoms with Crippen LogP contribution in [0.1, 0.15) is 9.88 Å². The van der Waals surface area contributed by atoms with E-state index in [1.165, 1.54) is 10.9 Å². The van der Waals surface area contributed by atoms with Crippen LogP contribution < -0.4 is 4.74 Å². The highest BCUT2D eigenvalue weighted by Crippen LogP contribution is 2.34. The van der Waals surface area contributed by atoms with Crippen LogP contribution in [0.2, 0.25) is 0 Å². The van der Waals surface area contributed by atoms with Crippen molar-refractivity contribution in [1.29, 1.82) is 0 Å². The molecule has 4 aromatic rings. The van der Waals surface area contributed by atoms with Crippen LogP contribution in [-0.2, 0) is 6.42 Å². The van der Waals surface area contributed by atoms with Crippen molar-refractivity contribution in [2.24, 2.45) is 0 Å². The standard InChI is InChI=1S/C19H14FNOS2/c1-22-15-7-4-8-17-19(15)21-18(24-17)11-12-9-10-16(23-12)13-5-2-3-6-14(13)20/h2-10H,11H2,1H3. The van der Waals surface area contributed by atoms with Gasteiger partial charge in [0.05, 0.1) is 16.8 Å². The zero-order valence-corrected chi connectivity index (χ0v) is 14.6. The van der Waals surface area contributed by atoms with Gasteiger partial charge in [-0.1, -0.05) is 24.3 Å². The number of hydrogen-bond acceptors (Lipinski definition) is 4. The highest BCUT2D eigenvalue weighted by molar-refractivity contribution is 7.19. The quantitative estimate of drug-likeness (QED) is 0.464. The fraction of sp³-hybridized carbons (Fsp3) is 0.105. The molecule has 0 unspecified atom stereocenters. The first kappa shape index (κ1) is 15.3. The maximum Gasteiger partial charge on any atom is 0.145 e. The predicted octanol–water partition coefficient (Wildman–Crippen LogP) is 5.76. The molecule has 0 aliphatic carbocycles. The van der Waals surface area contributed by atoms with E-state index in [1.54, 1.807) is 35.8 Å². The molecule has 2 nitrogen and oxygen atoms in total. The third kappa shape index (κ3) is 2.81. The lowest BCUT2D eigenvalue weighted by atomic mass is 10.2. The Balaban J connectivity index is 1.64. The number of hydrogen-bond donors (Lipinski definition) is 0. The molecule has 0 saturated carbocycles. The molecule has 2 aromatic heterocycles. The second-order valence-electron chi connectivity index (χ2n) is 5.34. The average Bonchev–Trinajstić information content (AvgIpc) is 3.21. The largest absolute Gasteiger partial charge is 0.494 e. The van der Waals surface area contributed by atoms with Crippen molar-refractivity contribution in [3.8, 4) is 16.2 Å². The third-order valence-electron chi connectivity index (χ3n) is 3.77. The van der Waals surface area contributed by atoms with Gasteiger partial charge in [-0.05, 0) is 30.3 Å². The molecule has 0 atom stereocenters. The Labute approximate surface area is 147 Å². The van der Waals surface area contributed by atoms with Crippen molar-refractivity contribution in [3.63, 3.8) is 0 Å². The zero-order chi connectivity index (χ0) is 16.5. The number of nitrogens with zero attached hydrogens (tertiary/aromatic N) is 1. The Morgan fingerprint density at radius 1 is 1.00 bits per heavy atom. The number of thiazole rings is 1. The van der Waals surface area contributed by atoms with E-state index in [4.69, 9.17) is 9.72 Å². The van der Waals surface area contributed by atoms with Crippen molar-refractivity contribution in [1.82, 2.24) is 4.98 Å². The number of methoxy groups -OCH3 is 1. The fourth-order valence-electron chi connectivity index (χ4n) is 2.64. The molecule has 0 amide bonds. The Hall–Kier alpha value is -2.24. The number of rotatable bonds is 4. The van der Waals surface area contributed by atoms with Gasteiger partial charge < -0.3 is 4.74 Å². The summed E-state index contributed by atoms with van der Waals surface area (Å²) < 4.78 is 20.4. The summed E-state index contributed by atoms with van der Waals surface area (Å²) in [4.78, 5) is 6.82. The van der Waals surface area contributed by atoms with Crippen molar-refractivity contribution in [2.75, 3.05) is 7.11 Å². The first-order chi connectivity index (χ1) is 11.7. The molecule has 0 aliphatic heterocycles. The van der Waals surface area contributed by atoms with Gasteiger partial charge in [0.1, 0.15) is 17.1 Å². The van der Waals surface area contributed by atoms with Crippen LogP contribution >= 0.6 is 22.7 Å². The molecule has 5 heteroatoms. The van der Waals surface area contributed by atoms with Crippen LogP contribution in [0.3, 0.4) is 0 Å². The average molecular weight is 355 g/mol. The van der Waals surface area contributed by atoms with Gasteiger partial charge in [-0.3, -0.25) is 0 Å². The molecule has 0 saturated heterocycles. The summed E-state index contributed by atoms with van der Waals surface area (Å²) in [5.41, 5.74) is 1.56. The van der Waals surface area contributed by atoms with Crippen LogP contribution in [0.15, 0.2) is 54.6 Å². The van der Waals surface area contributed by atoms with Crippen LogP contribution in [0.5, 0.6) is 5.75 Å². The van der Waals surface area contributed by atoms with E-state index < -0.39 is 0 Å². The molecule has 0 fully saturated rings. The van der Waals surface area contributed by atoms with Gasteiger partial charge in [-0.2, -0.15) is 0 Å². The summed E-state index contributed by atoms with van der Waals surface area (Å²) in [6, 6.07) is 16.9. The Morgan fingerprint density at radius 3 is 2.71 bits per heavy atom. The van der Waals surface area contributed by atoms with Gasteiger partial charge in [0.25, 0.3) is 0 Å². The molecular formula is C19H14FNOS2. The van der Waals surface area contributed by atoms with E-state index in [9.17, 15) is 4.39 Å². The summed E-state index contributed by atoms with van der Waals surface area (Å²) in [5.74, 6) is 0.615. The molecule has 24 heavy (non-hydrogen) atoms. The van der Waals surface area contributed by atoms with Crippen LogP contribution in [0.4, 0.5) is 4.39 Å².